The number of carbonyl (C=O) groups excluding carboxylic acids is 1. The molecule has 0 radical (unpaired) electrons. The van der Waals surface area contributed by atoms with Gasteiger partial charge in [0.05, 0.1) is 4.90 Å². The van der Waals surface area contributed by atoms with E-state index in [1.54, 1.807) is 35.8 Å². The Balaban J connectivity index is 1.42. The lowest BCUT2D eigenvalue weighted by molar-refractivity contribution is 0.0922. The number of nitrogens with zero attached hydrogens (tertiary/aromatic N) is 3. The minimum atomic E-state index is -3.55. The maximum Gasteiger partial charge on any atom is 0.271 e. The van der Waals surface area contributed by atoms with E-state index in [0.717, 1.165) is 5.56 Å². The molecule has 1 aromatic carbocycles. The van der Waals surface area contributed by atoms with Gasteiger partial charge in [0.1, 0.15) is 5.56 Å². The van der Waals surface area contributed by atoms with Crippen LogP contribution in [0.5, 0.6) is 0 Å². The summed E-state index contributed by atoms with van der Waals surface area (Å²) in [7, 11) is -3.55. The third-order valence-corrected chi connectivity index (χ3v) is 7.72. The quantitative estimate of drug-likeness (QED) is 0.676. The van der Waals surface area contributed by atoms with Gasteiger partial charge < -0.3 is 5.32 Å². The number of hydrogen-bond donors (Lipinski definition) is 1. The van der Waals surface area contributed by atoms with Crippen molar-refractivity contribution in [3.05, 3.63) is 63.5 Å². The minimum absolute atomic E-state index is 0.0180. The summed E-state index contributed by atoms with van der Waals surface area (Å²) in [5.74, 6) is -0.483. The summed E-state index contributed by atoms with van der Waals surface area (Å²) < 4.78 is 28.3. The number of carbonyl (C=O) groups is 1. The number of hydrogen-bond acceptors (Lipinski definition) is 6. The summed E-state index contributed by atoms with van der Waals surface area (Å²) >= 11 is 1.32. The molecule has 1 amide bonds. The molecule has 0 unspecified atom stereocenters. The minimum Gasteiger partial charge on any atom is -0.349 e. The second-order valence-electron chi connectivity index (χ2n) is 7.00. The van der Waals surface area contributed by atoms with Crippen LogP contribution < -0.4 is 10.9 Å². The maximum atomic E-state index is 12.8. The topological polar surface area (TPSA) is 101 Å². The normalized spacial score (nSPS) is 16.2. The molecule has 152 valence electrons. The Bertz CT molecular complexity index is 1210. The number of fused-ring (bicyclic) bond motifs is 1. The average molecular weight is 433 g/mol. The predicted octanol–water partition coefficient (Wildman–Crippen LogP) is 1.65. The molecule has 29 heavy (non-hydrogen) atoms. The lowest BCUT2D eigenvalue weighted by Crippen LogP contribution is -2.47. The van der Waals surface area contributed by atoms with E-state index >= 15 is 0 Å². The fourth-order valence-electron chi connectivity index (χ4n) is 3.34. The maximum absolute atomic E-state index is 12.8. The number of nitrogens with one attached hydrogen (secondary N) is 1. The number of amides is 1. The smallest absolute Gasteiger partial charge is 0.271 e. The van der Waals surface area contributed by atoms with Gasteiger partial charge in [0.2, 0.25) is 10.0 Å². The van der Waals surface area contributed by atoms with E-state index < -0.39 is 21.5 Å². The molecule has 4 rings (SSSR count). The Morgan fingerprint density at radius 2 is 1.90 bits per heavy atom. The highest BCUT2D eigenvalue weighted by Crippen LogP contribution is 2.21. The highest BCUT2D eigenvalue weighted by molar-refractivity contribution is 7.89. The monoisotopic (exact) mass is 432 g/mol. The summed E-state index contributed by atoms with van der Waals surface area (Å²) in [4.78, 5) is 29.9. The van der Waals surface area contributed by atoms with E-state index in [4.69, 9.17) is 0 Å². The van der Waals surface area contributed by atoms with Gasteiger partial charge in [-0.25, -0.2) is 13.4 Å². The van der Waals surface area contributed by atoms with Crippen LogP contribution in [0, 0.1) is 6.92 Å². The third kappa shape index (κ3) is 3.83. The molecule has 0 saturated carbocycles. The Morgan fingerprint density at radius 3 is 2.59 bits per heavy atom. The number of benzene rings is 1. The Morgan fingerprint density at radius 1 is 1.21 bits per heavy atom. The zero-order valence-electron chi connectivity index (χ0n) is 15.7. The fourth-order valence-corrected chi connectivity index (χ4v) is 5.49. The molecule has 0 aliphatic carbocycles. The van der Waals surface area contributed by atoms with Crippen LogP contribution >= 0.6 is 11.3 Å². The van der Waals surface area contributed by atoms with Gasteiger partial charge in [0.15, 0.2) is 4.96 Å². The molecular weight excluding hydrogens is 412 g/mol. The van der Waals surface area contributed by atoms with E-state index in [9.17, 15) is 18.0 Å². The van der Waals surface area contributed by atoms with E-state index in [0.29, 0.717) is 30.9 Å². The first-order chi connectivity index (χ1) is 13.9. The standard InChI is InChI=1S/C19H20N4O4S2/c1-13-2-4-15(5-3-13)29(26,27)22-8-6-14(7-9-22)21-17(24)16-12-20-19-23(18(16)25)10-11-28-19/h2-5,10-12,14H,6-9H2,1H3,(H,21,24). The number of sulfonamides is 1. The van der Waals surface area contributed by atoms with Crippen molar-refractivity contribution in [2.24, 2.45) is 0 Å². The van der Waals surface area contributed by atoms with Crippen molar-refractivity contribution in [3.63, 3.8) is 0 Å². The Labute approximate surface area is 171 Å². The van der Waals surface area contributed by atoms with Crippen LogP contribution in [0.25, 0.3) is 4.96 Å². The van der Waals surface area contributed by atoms with Gasteiger partial charge in [-0.15, -0.1) is 11.3 Å². The molecule has 3 aromatic rings. The molecule has 8 nitrogen and oxygen atoms in total. The van der Waals surface area contributed by atoms with Crippen LogP contribution in [0.2, 0.25) is 0 Å². The predicted molar refractivity (Wildman–Crippen MR) is 110 cm³/mol. The van der Waals surface area contributed by atoms with Crippen molar-refractivity contribution in [3.8, 4) is 0 Å². The molecule has 0 bridgehead atoms. The molecular formula is C19H20N4O4S2. The summed E-state index contributed by atoms with van der Waals surface area (Å²) in [6.07, 6.45) is 3.83. The highest BCUT2D eigenvalue weighted by atomic mass is 32.2. The van der Waals surface area contributed by atoms with Gasteiger partial charge in [-0.2, -0.15) is 4.31 Å². The zero-order chi connectivity index (χ0) is 20.6. The number of rotatable bonds is 4. The van der Waals surface area contributed by atoms with Gasteiger partial charge in [-0.1, -0.05) is 17.7 Å². The van der Waals surface area contributed by atoms with Gasteiger partial charge in [-0.3, -0.25) is 14.0 Å². The van der Waals surface area contributed by atoms with Crippen molar-refractivity contribution in [2.45, 2.75) is 30.7 Å². The van der Waals surface area contributed by atoms with Gasteiger partial charge in [0.25, 0.3) is 11.5 Å². The Kier molecular flexibility index (Phi) is 5.24. The van der Waals surface area contributed by atoms with Crippen LogP contribution in [0.3, 0.4) is 0 Å². The molecule has 1 aliphatic rings. The first-order valence-corrected chi connectivity index (χ1v) is 11.5. The first-order valence-electron chi connectivity index (χ1n) is 9.19. The van der Waals surface area contributed by atoms with Crippen molar-refractivity contribution in [1.29, 1.82) is 0 Å². The summed E-state index contributed by atoms with van der Waals surface area (Å²) in [5.41, 5.74) is 0.570. The van der Waals surface area contributed by atoms with E-state index in [-0.39, 0.29) is 16.5 Å². The Hall–Kier alpha value is -2.56. The molecule has 1 fully saturated rings. The van der Waals surface area contributed by atoms with Crippen LogP contribution in [-0.2, 0) is 10.0 Å². The van der Waals surface area contributed by atoms with Crippen molar-refractivity contribution in [1.82, 2.24) is 19.0 Å². The average Bonchev–Trinajstić information content (AvgIpc) is 3.19. The van der Waals surface area contributed by atoms with Gasteiger partial charge >= 0.3 is 0 Å². The molecule has 0 atom stereocenters. The summed E-state index contributed by atoms with van der Waals surface area (Å²) in [6, 6.07) is 6.57. The molecule has 1 N–H and O–H groups in total. The van der Waals surface area contributed by atoms with Crippen LogP contribution in [0.15, 0.2) is 51.7 Å². The molecule has 3 heterocycles. The number of aryl methyl sites for hydroxylation is 1. The fraction of sp³-hybridized carbons (Fsp3) is 0.316. The van der Waals surface area contributed by atoms with E-state index in [2.05, 4.69) is 10.3 Å². The van der Waals surface area contributed by atoms with Crippen LogP contribution in [0.1, 0.15) is 28.8 Å². The lowest BCUT2D eigenvalue weighted by Gasteiger charge is -2.31. The van der Waals surface area contributed by atoms with Crippen LogP contribution in [-0.4, -0.2) is 47.1 Å². The SMILES string of the molecule is Cc1ccc(S(=O)(=O)N2CCC(NC(=O)c3cnc4sccn4c3=O)CC2)cc1. The number of thiazole rings is 1. The van der Waals surface area contributed by atoms with Crippen LogP contribution in [0.4, 0.5) is 0 Å². The van der Waals surface area contributed by atoms with E-state index in [1.807, 2.05) is 6.92 Å². The molecule has 0 spiro atoms. The second-order valence-corrected chi connectivity index (χ2v) is 9.81. The third-order valence-electron chi connectivity index (χ3n) is 5.04. The second kappa shape index (κ2) is 7.69. The largest absolute Gasteiger partial charge is 0.349 e. The van der Waals surface area contributed by atoms with Crippen molar-refractivity contribution >= 4 is 32.2 Å². The molecule has 10 heteroatoms. The molecule has 1 saturated heterocycles. The first kappa shape index (κ1) is 19.7. The molecule has 1 aliphatic heterocycles. The van der Waals surface area contributed by atoms with Gasteiger partial charge in [0, 0.05) is 36.9 Å². The number of piperidine rings is 1. The molecule has 2 aromatic heterocycles. The lowest BCUT2D eigenvalue weighted by atomic mass is 10.1. The highest BCUT2D eigenvalue weighted by Gasteiger charge is 2.30. The van der Waals surface area contributed by atoms with E-state index in [1.165, 1.54) is 26.2 Å². The summed E-state index contributed by atoms with van der Waals surface area (Å²) in [5, 5.41) is 4.57. The van der Waals surface area contributed by atoms with Gasteiger partial charge in [-0.05, 0) is 31.9 Å². The zero-order valence-corrected chi connectivity index (χ0v) is 17.4. The number of aromatic nitrogens is 2. The van der Waals surface area contributed by atoms with Crippen molar-refractivity contribution in [2.75, 3.05) is 13.1 Å². The van der Waals surface area contributed by atoms with Crippen molar-refractivity contribution < 1.29 is 13.2 Å². The summed E-state index contributed by atoms with van der Waals surface area (Å²) in [6.45, 7) is 2.52.